The summed E-state index contributed by atoms with van der Waals surface area (Å²) in [6.07, 6.45) is 1.19. The lowest BCUT2D eigenvalue weighted by Gasteiger charge is -2.07. The second-order valence-electron chi connectivity index (χ2n) is 4.70. The first-order valence-corrected chi connectivity index (χ1v) is 9.31. The van der Waals surface area contributed by atoms with Gasteiger partial charge in [-0.3, -0.25) is 4.79 Å². The van der Waals surface area contributed by atoms with Crippen molar-refractivity contribution in [3.63, 3.8) is 0 Å². The van der Waals surface area contributed by atoms with E-state index in [-0.39, 0.29) is 11.7 Å². The molecule has 0 saturated heterocycles. The van der Waals surface area contributed by atoms with Crippen LogP contribution in [0, 0.1) is 3.57 Å². The van der Waals surface area contributed by atoms with Gasteiger partial charge in [0.15, 0.2) is 9.84 Å². The van der Waals surface area contributed by atoms with E-state index in [0.29, 0.717) is 11.1 Å². The first-order valence-electron chi connectivity index (χ1n) is 6.18. The highest BCUT2D eigenvalue weighted by atomic mass is 127. The Hall–Kier alpha value is -1.41. The Kier molecular flexibility index (Phi) is 5.00. The second-order valence-corrected chi connectivity index (χ2v) is 8.00. The number of para-hydroxylation sites is 1. The molecule has 1 N–H and O–H groups in total. The Labute approximate surface area is 137 Å². The maximum absolute atomic E-state index is 12.1. The second kappa shape index (κ2) is 6.57. The predicted octanol–water partition coefficient (Wildman–Crippen LogP) is 3.09. The molecule has 0 aliphatic carbocycles. The zero-order chi connectivity index (χ0) is 15.5. The van der Waals surface area contributed by atoms with E-state index in [1.807, 2.05) is 24.3 Å². The first-order chi connectivity index (χ1) is 9.85. The third-order valence-corrected chi connectivity index (χ3v) is 4.57. The van der Waals surface area contributed by atoms with Crippen molar-refractivity contribution in [2.75, 3.05) is 11.6 Å². The van der Waals surface area contributed by atoms with Crippen LogP contribution >= 0.6 is 22.6 Å². The van der Waals surface area contributed by atoms with Crippen molar-refractivity contribution in [1.82, 2.24) is 0 Å². The molecule has 2 aromatic rings. The smallest absolute Gasteiger partial charge is 0.255 e. The van der Waals surface area contributed by atoms with E-state index in [0.717, 1.165) is 9.26 Å². The Bertz CT molecular complexity index is 755. The molecule has 0 bridgehead atoms. The first kappa shape index (κ1) is 16.0. The SMILES string of the molecule is CS(=O)(=O)Cc1ccc(C(=O)Nc2ccccc2I)cc1. The van der Waals surface area contributed by atoms with Crippen LogP contribution in [0.2, 0.25) is 0 Å². The van der Waals surface area contributed by atoms with Crippen LogP contribution in [0.5, 0.6) is 0 Å². The van der Waals surface area contributed by atoms with Crippen LogP contribution in [-0.2, 0) is 15.6 Å². The normalized spacial score (nSPS) is 11.1. The molecule has 2 aromatic carbocycles. The minimum atomic E-state index is -3.07. The number of carbonyl (C=O) groups is 1. The molecule has 0 aromatic heterocycles. The number of benzene rings is 2. The number of carbonyl (C=O) groups excluding carboxylic acids is 1. The fourth-order valence-electron chi connectivity index (χ4n) is 1.81. The van der Waals surface area contributed by atoms with Crippen molar-refractivity contribution in [2.24, 2.45) is 0 Å². The summed E-state index contributed by atoms with van der Waals surface area (Å²) >= 11 is 2.15. The Balaban J connectivity index is 2.12. The Morgan fingerprint density at radius 1 is 1.10 bits per heavy atom. The van der Waals surface area contributed by atoms with Gasteiger partial charge in [-0.05, 0) is 52.4 Å². The minimum Gasteiger partial charge on any atom is -0.321 e. The number of rotatable bonds is 4. The molecule has 0 unspecified atom stereocenters. The van der Waals surface area contributed by atoms with Gasteiger partial charge in [-0.15, -0.1) is 0 Å². The molecule has 4 nitrogen and oxygen atoms in total. The maximum atomic E-state index is 12.1. The highest BCUT2D eigenvalue weighted by Gasteiger charge is 2.09. The van der Waals surface area contributed by atoms with E-state index in [9.17, 15) is 13.2 Å². The van der Waals surface area contributed by atoms with Crippen LogP contribution in [0.25, 0.3) is 0 Å². The van der Waals surface area contributed by atoms with Gasteiger partial charge in [0, 0.05) is 15.4 Å². The van der Waals surface area contributed by atoms with E-state index >= 15 is 0 Å². The number of nitrogens with one attached hydrogen (secondary N) is 1. The Morgan fingerprint density at radius 3 is 2.29 bits per heavy atom. The average molecular weight is 415 g/mol. The lowest BCUT2D eigenvalue weighted by atomic mass is 10.1. The Morgan fingerprint density at radius 2 is 1.71 bits per heavy atom. The molecule has 1 amide bonds. The van der Waals surface area contributed by atoms with Crippen LogP contribution in [0.1, 0.15) is 15.9 Å². The molecule has 21 heavy (non-hydrogen) atoms. The van der Waals surface area contributed by atoms with E-state index in [1.165, 1.54) is 6.26 Å². The molecule has 0 fully saturated rings. The van der Waals surface area contributed by atoms with Gasteiger partial charge in [0.25, 0.3) is 5.91 Å². The van der Waals surface area contributed by atoms with Crippen LogP contribution < -0.4 is 5.32 Å². The van der Waals surface area contributed by atoms with E-state index in [4.69, 9.17) is 0 Å². The fraction of sp³-hybridized carbons (Fsp3) is 0.133. The molecule has 0 atom stereocenters. The third kappa shape index (κ3) is 4.82. The van der Waals surface area contributed by atoms with Gasteiger partial charge < -0.3 is 5.32 Å². The number of sulfone groups is 1. The van der Waals surface area contributed by atoms with Crippen LogP contribution in [0.4, 0.5) is 5.69 Å². The standard InChI is InChI=1S/C15H14INO3S/c1-21(19,20)10-11-6-8-12(9-7-11)15(18)17-14-5-3-2-4-13(14)16/h2-9H,10H2,1H3,(H,17,18). The number of hydrogen-bond donors (Lipinski definition) is 1. The number of anilines is 1. The van der Waals surface area contributed by atoms with Crippen molar-refractivity contribution in [3.8, 4) is 0 Å². The number of amides is 1. The zero-order valence-electron chi connectivity index (χ0n) is 11.3. The van der Waals surface area contributed by atoms with E-state index in [1.54, 1.807) is 24.3 Å². The summed E-state index contributed by atoms with van der Waals surface area (Å²) in [7, 11) is -3.07. The van der Waals surface area contributed by atoms with Gasteiger partial charge in [-0.1, -0.05) is 24.3 Å². The monoisotopic (exact) mass is 415 g/mol. The van der Waals surface area contributed by atoms with Crippen molar-refractivity contribution >= 4 is 44.0 Å². The molecule has 2 rings (SSSR count). The van der Waals surface area contributed by atoms with Crippen LogP contribution in [0.15, 0.2) is 48.5 Å². The van der Waals surface area contributed by atoms with E-state index in [2.05, 4.69) is 27.9 Å². The van der Waals surface area contributed by atoms with Crippen LogP contribution in [0.3, 0.4) is 0 Å². The lowest BCUT2D eigenvalue weighted by Crippen LogP contribution is -2.12. The largest absolute Gasteiger partial charge is 0.321 e. The summed E-state index contributed by atoms with van der Waals surface area (Å²) in [4.78, 5) is 12.1. The van der Waals surface area contributed by atoms with E-state index < -0.39 is 9.84 Å². The topological polar surface area (TPSA) is 63.2 Å². The van der Waals surface area contributed by atoms with Crippen molar-refractivity contribution in [1.29, 1.82) is 0 Å². The summed E-state index contributed by atoms with van der Waals surface area (Å²) in [5, 5.41) is 2.83. The number of hydrogen-bond acceptors (Lipinski definition) is 3. The maximum Gasteiger partial charge on any atom is 0.255 e. The van der Waals surface area contributed by atoms with Gasteiger partial charge in [-0.25, -0.2) is 8.42 Å². The molecule has 0 aliphatic heterocycles. The predicted molar refractivity (Wildman–Crippen MR) is 92.1 cm³/mol. The van der Waals surface area contributed by atoms with Crippen LogP contribution in [-0.4, -0.2) is 20.6 Å². The summed E-state index contributed by atoms with van der Waals surface area (Å²) < 4.78 is 23.4. The molecule has 0 saturated carbocycles. The van der Waals surface area contributed by atoms with Crippen molar-refractivity contribution in [2.45, 2.75) is 5.75 Å². The lowest BCUT2D eigenvalue weighted by molar-refractivity contribution is 0.102. The average Bonchev–Trinajstić information content (AvgIpc) is 2.40. The quantitative estimate of drug-likeness (QED) is 0.781. The van der Waals surface area contributed by atoms with Gasteiger partial charge in [-0.2, -0.15) is 0 Å². The highest BCUT2D eigenvalue weighted by molar-refractivity contribution is 14.1. The summed E-state index contributed by atoms with van der Waals surface area (Å²) in [6, 6.07) is 14.1. The fourth-order valence-corrected chi connectivity index (χ4v) is 3.13. The molecule has 110 valence electrons. The summed E-state index contributed by atoms with van der Waals surface area (Å²) in [5.74, 6) is -0.240. The number of halogens is 1. The molecule has 0 radical (unpaired) electrons. The van der Waals surface area contributed by atoms with Gasteiger partial charge >= 0.3 is 0 Å². The molecule has 6 heteroatoms. The highest BCUT2D eigenvalue weighted by Crippen LogP contribution is 2.18. The van der Waals surface area contributed by atoms with Gasteiger partial charge in [0.2, 0.25) is 0 Å². The molecule has 0 aliphatic rings. The van der Waals surface area contributed by atoms with Crippen molar-refractivity contribution < 1.29 is 13.2 Å². The van der Waals surface area contributed by atoms with Crippen molar-refractivity contribution in [3.05, 3.63) is 63.2 Å². The minimum absolute atomic E-state index is 0.0223. The zero-order valence-corrected chi connectivity index (χ0v) is 14.3. The molecular weight excluding hydrogens is 401 g/mol. The van der Waals surface area contributed by atoms with Gasteiger partial charge in [0.1, 0.15) is 0 Å². The third-order valence-electron chi connectivity index (χ3n) is 2.77. The summed E-state index contributed by atoms with van der Waals surface area (Å²) in [5.41, 5.74) is 1.92. The summed E-state index contributed by atoms with van der Waals surface area (Å²) in [6.45, 7) is 0. The van der Waals surface area contributed by atoms with Gasteiger partial charge in [0.05, 0.1) is 11.4 Å². The molecule has 0 spiro atoms. The molecular formula is C15H14INO3S. The molecule has 0 heterocycles.